The third-order valence-electron chi connectivity index (χ3n) is 5.84. The van der Waals surface area contributed by atoms with Crippen molar-refractivity contribution in [2.75, 3.05) is 46.2 Å². The highest BCUT2D eigenvalue weighted by atomic mass is 32.1. The van der Waals surface area contributed by atoms with Gasteiger partial charge in [-0.2, -0.15) is 0 Å². The van der Waals surface area contributed by atoms with Gasteiger partial charge < -0.3 is 24.8 Å². The van der Waals surface area contributed by atoms with Crippen LogP contribution >= 0.6 is 11.3 Å². The highest BCUT2D eigenvalue weighted by molar-refractivity contribution is 7.18. The molecule has 1 unspecified atom stereocenters. The summed E-state index contributed by atoms with van der Waals surface area (Å²) in [7, 11) is 4.05. The van der Waals surface area contributed by atoms with E-state index in [0.717, 1.165) is 62.3 Å². The molecule has 2 aromatic carbocycles. The van der Waals surface area contributed by atoms with Crippen LogP contribution < -0.4 is 19.9 Å². The molecule has 5 rings (SSSR count). The summed E-state index contributed by atoms with van der Waals surface area (Å²) in [5.74, 6) is 2.93. The van der Waals surface area contributed by atoms with E-state index in [2.05, 4.69) is 27.0 Å². The molecule has 1 aliphatic heterocycles. The number of nitrogens with zero attached hydrogens (tertiary/aromatic N) is 4. The molecule has 2 N–H and O–H groups in total. The topological polar surface area (TPSA) is 95.6 Å². The van der Waals surface area contributed by atoms with Gasteiger partial charge in [-0.1, -0.05) is 0 Å². The maximum absolute atomic E-state index is 6.20. The summed E-state index contributed by atoms with van der Waals surface area (Å²) in [6.45, 7) is 4.58. The lowest BCUT2D eigenvalue weighted by atomic mass is 9.97. The van der Waals surface area contributed by atoms with E-state index in [4.69, 9.17) is 24.9 Å². The Labute approximate surface area is 208 Å². The fraction of sp³-hybridized carbons (Fsp3) is 0.346. The van der Waals surface area contributed by atoms with Crippen molar-refractivity contribution in [3.63, 3.8) is 0 Å². The third kappa shape index (κ3) is 5.16. The summed E-state index contributed by atoms with van der Waals surface area (Å²) in [5, 5.41) is 1.03. The predicted octanol–water partition coefficient (Wildman–Crippen LogP) is 4.39. The van der Waals surface area contributed by atoms with E-state index in [-0.39, 0.29) is 11.9 Å². The molecule has 3 heterocycles. The highest BCUT2D eigenvalue weighted by Crippen LogP contribution is 2.40. The minimum absolute atomic E-state index is 0.157. The van der Waals surface area contributed by atoms with Gasteiger partial charge in [0.1, 0.15) is 34.4 Å². The molecule has 35 heavy (non-hydrogen) atoms. The van der Waals surface area contributed by atoms with Gasteiger partial charge in [-0.3, -0.25) is 0 Å². The second-order valence-electron chi connectivity index (χ2n) is 8.74. The summed E-state index contributed by atoms with van der Waals surface area (Å²) in [4.78, 5) is 15.5. The zero-order chi connectivity index (χ0) is 24.4. The van der Waals surface area contributed by atoms with E-state index >= 15 is 0 Å². The number of hydrogen-bond donors (Lipinski definition) is 1. The summed E-state index contributed by atoms with van der Waals surface area (Å²) in [6, 6.07) is 12.0. The average Bonchev–Trinajstić information content (AvgIpc) is 3.28. The van der Waals surface area contributed by atoms with Crippen LogP contribution in [0, 0.1) is 0 Å². The van der Waals surface area contributed by atoms with Gasteiger partial charge in [0.25, 0.3) is 0 Å². The molecular weight excluding hydrogens is 462 g/mol. The zero-order valence-electron chi connectivity index (χ0n) is 20.2. The monoisotopic (exact) mass is 491 g/mol. The first-order valence-corrected chi connectivity index (χ1v) is 12.5. The maximum atomic E-state index is 6.20. The molecule has 1 aliphatic rings. The second-order valence-corrected chi connectivity index (χ2v) is 9.80. The molecule has 8 nitrogen and oxygen atoms in total. The molecule has 0 saturated carbocycles. The Morgan fingerprint density at radius 1 is 1.14 bits per heavy atom. The van der Waals surface area contributed by atoms with Gasteiger partial charge in [-0.05, 0) is 69.4 Å². The minimum Gasteiger partial charge on any atom is -0.494 e. The predicted molar refractivity (Wildman–Crippen MR) is 139 cm³/mol. The summed E-state index contributed by atoms with van der Waals surface area (Å²) in [5.41, 5.74) is 9.53. The van der Waals surface area contributed by atoms with Gasteiger partial charge in [-0.25, -0.2) is 15.0 Å². The molecule has 9 heteroatoms. The molecule has 182 valence electrons. The number of aromatic nitrogens is 3. The van der Waals surface area contributed by atoms with Crippen LogP contribution in [0.15, 0.2) is 42.6 Å². The van der Waals surface area contributed by atoms with Crippen LogP contribution in [0.5, 0.6) is 17.2 Å². The first-order valence-electron chi connectivity index (χ1n) is 11.7. The number of anilines is 1. The number of rotatable bonds is 8. The van der Waals surface area contributed by atoms with Crippen molar-refractivity contribution in [3.8, 4) is 28.5 Å². The van der Waals surface area contributed by atoms with Gasteiger partial charge in [0, 0.05) is 24.2 Å². The largest absolute Gasteiger partial charge is 0.494 e. The van der Waals surface area contributed by atoms with E-state index in [9.17, 15) is 0 Å². The van der Waals surface area contributed by atoms with Crippen LogP contribution in [-0.2, 0) is 6.42 Å². The van der Waals surface area contributed by atoms with Crippen molar-refractivity contribution in [3.05, 3.63) is 53.2 Å². The van der Waals surface area contributed by atoms with Crippen molar-refractivity contribution in [2.45, 2.75) is 19.3 Å². The molecular formula is C26H29N5O3S. The number of benzene rings is 2. The number of thiazole rings is 1. The van der Waals surface area contributed by atoms with Crippen molar-refractivity contribution in [1.82, 2.24) is 19.9 Å². The SMILES string of the molecule is CCOc1ccc2c(c1)CC(c1nc3c(OCCN(C)C)cc(-c4ccnc(N)n4)cc3s1)CO2. The number of nitrogen functional groups attached to an aromatic ring is 1. The summed E-state index contributed by atoms with van der Waals surface area (Å²) >= 11 is 1.67. The molecule has 2 aromatic heterocycles. The number of fused-ring (bicyclic) bond motifs is 2. The van der Waals surface area contributed by atoms with Crippen LogP contribution in [0.2, 0.25) is 0 Å². The number of ether oxygens (including phenoxy) is 3. The van der Waals surface area contributed by atoms with Gasteiger partial charge in [0.05, 0.1) is 23.6 Å². The van der Waals surface area contributed by atoms with Gasteiger partial charge >= 0.3 is 0 Å². The van der Waals surface area contributed by atoms with Crippen LogP contribution in [0.1, 0.15) is 23.4 Å². The van der Waals surface area contributed by atoms with E-state index in [1.54, 1.807) is 17.5 Å². The lowest BCUT2D eigenvalue weighted by molar-refractivity contribution is 0.260. The third-order valence-corrected chi connectivity index (χ3v) is 7.01. The Morgan fingerprint density at radius 2 is 2.03 bits per heavy atom. The smallest absolute Gasteiger partial charge is 0.220 e. The average molecular weight is 492 g/mol. The van der Waals surface area contributed by atoms with Crippen molar-refractivity contribution in [1.29, 1.82) is 0 Å². The molecule has 0 fully saturated rings. The molecule has 0 saturated heterocycles. The minimum atomic E-state index is 0.157. The molecule has 0 radical (unpaired) electrons. The van der Waals surface area contributed by atoms with Gasteiger partial charge in [0.15, 0.2) is 0 Å². The van der Waals surface area contributed by atoms with Crippen LogP contribution in [0.4, 0.5) is 5.95 Å². The zero-order valence-corrected chi connectivity index (χ0v) is 21.0. The molecule has 1 atom stereocenters. The summed E-state index contributed by atoms with van der Waals surface area (Å²) in [6.07, 6.45) is 2.52. The first-order chi connectivity index (χ1) is 17.0. The van der Waals surface area contributed by atoms with Crippen molar-refractivity contribution < 1.29 is 14.2 Å². The van der Waals surface area contributed by atoms with Crippen LogP contribution in [0.3, 0.4) is 0 Å². The summed E-state index contributed by atoms with van der Waals surface area (Å²) < 4.78 is 19.0. The van der Waals surface area contributed by atoms with E-state index in [0.29, 0.717) is 19.8 Å². The lowest BCUT2D eigenvalue weighted by Gasteiger charge is -2.24. The van der Waals surface area contributed by atoms with E-state index in [1.807, 2.05) is 45.3 Å². The number of hydrogen-bond acceptors (Lipinski definition) is 9. The van der Waals surface area contributed by atoms with E-state index < -0.39 is 0 Å². The maximum Gasteiger partial charge on any atom is 0.220 e. The molecule has 0 spiro atoms. The normalized spacial score (nSPS) is 15.1. The number of likely N-dealkylation sites (N-methyl/N-ethyl adjacent to an activating group) is 1. The Bertz CT molecular complexity index is 1340. The Kier molecular flexibility index (Phi) is 6.70. The fourth-order valence-corrected chi connectivity index (χ4v) is 5.22. The number of nitrogens with two attached hydrogens (primary N) is 1. The second kappa shape index (κ2) is 10.1. The Balaban J connectivity index is 1.49. The Morgan fingerprint density at radius 3 is 2.83 bits per heavy atom. The van der Waals surface area contributed by atoms with Gasteiger partial charge in [0.2, 0.25) is 5.95 Å². The van der Waals surface area contributed by atoms with Crippen molar-refractivity contribution in [2.24, 2.45) is 0 Å². The lowest BCUT2D eigenvalue weighted by Crippen LogP contribution is -2.19. The molecule has 4 aromatic rings. The molecule has 0 bridgehead atoms. The van der Waals surface area contributed by atoms with Crippen molar-refractivity contribution >= 4 is 27.5 Å². The fourth-order valence-electron chi connectivity index (χ4n) is 4.11. The van der Waals surface area contributed by atoms with Gasteiger partial charge in [-0.15, -0.1) is 11.3 Å². The Hall–Kier alpha value is -3.43. The quantitative estimate of drug-likeness (QED) is 0.388. The highest BCUT2D eigenvalue weighted by Gasteiger charge is 2.26. The standard InChI is InChI=1S/C26H29N5O3S/c1-4-32-19-5-6-21-17(12-19)11-18(15-34-21)25-30-24-22(33-10-9-31(2)3)13-16(14-23(24)35-25)20-7-8-28-26(27)29-20/h5-8,12-14,18H,4,9-11,15H2,1-3H3,(H2,27,28,29). The van der Waals surface area contributed by atoms with Crippen LogP contribution in [0.25, 0.3) is 21.5 Å². The van der Waals surface area contributed by atoms with Crippen LogP contribution in [-0.4, -0.2) is 60.3 Å². The molecule has 0 aliphatic carbocycles. The molecule has 0 amide bonds. The van der Waals surface area contributed by atoms with E-state index in [1.165, 1.54) is 0 Å². The first kappa shape index (κ1) is 23.3.